The molecule has 0 spiro atoms. The molecule has 0 unspecified atom stereocenters. The number of pyridine rings is 1. The second-order valence-electron chi connectivity index (χ2n) is 6.23. The fraction of sp³-hybridized carbons (Fsp3) is 0.0526. The van der Waals surface area contributed by atoms with Crippen molar-refractivity contribution in [1.82, 2.24) is 19.6 Å². The van der Waals surface area contributed by atoms with E-state index in [2.05, 4.69) is 19.8 Å². The van der Waals surface area contributed by atoms with Crippen molar-refractivity contribution in [2.24, 2.45) is 0 Å². The first kappa shape index (κ1) is 20.7. The average Bonchev–Trinajstić information content (AvgIpc) is 2.73. The third-order valence-corrected chi connectivity index (χ3v) is 6.06. The number of halogens is 2. The molecule has 4 rings (SSSR count). The molecule has 0 amide bonds. The number of hydrogen-bond acceptors (Lipinski definition) is 7. The van der Waals surface area contributed by atoms with Crippen LogP contribution in [0.2, 0.25) is 5.02 Å². The van der Waals surface area contributed by atoms with Crippen LogP contribution < -0.4 is 15.0 Å². The quantitative estimate of drug-likeness (QED) is 0.485. The molecule has 1 N–H and O–H groups in total. The highest BCUT2D eigenvalue weighted by Gasteiger charge is 2.21. The molecule has 3 aromatic heterocycles. The summed E-state index contributed by atoms with van der Waals surface area (Å²) in [5.74, 6) is -0.678. The van der Waals surface area contributed by atoms with E-state index in [1.807, 2.05) is 0 Å². The minimum atomic E-state index is -4.19. The zero-order chi connectivity index (χ0) is 22.2. The van der Waals surface area contributed by atoms with E-state index in [0.29, 0.717) is 16.9 Å². The standard InChI is InChI=1S/C19H13ClFN5O4S/c1-30-19-15(25-31(28,29)16-4-2-12(21)9-13(16)20)8-11(10-23-19)14-3-5-17-22-7-6-18(27)26(17)24-14/h2-10,25H,1H3. The number of sulfonamides is 1. The van der Waals surface area contributed by atoms with Crippen LogP contribution in [0.5, 0.6) is 5.88 Å². The molecule has 0 radical (unpaired) electrons. The van der Waals surface area contributed by atoms with Gasteiger partial charge in [-0.15, -0.1) is 0 Å². The lowest BCUT2D eigenvalue weighted by Crippen LogP contribution is -2.16. The number of aromatic nitrogens is 4. The lowest BCUT2D eigenvalue weighted by atomic mass is 10.2. The average molecular weight is 462 g/mol. The third kappa shape index (κ3) is 4.05. The molecule has 0 aliphatic carbocycles. The molecule has 9 nitrogen and oxygen atoms in total. The van der Waals surface area contributed by atoms with Gasteiger partial charge in [0.1, 0.15) is 16.4 Å². The van der Waals surface area contributed by atoms with Gasteiger partial charge in [0.2, 0.25) is 5.88 Å². The first-order chi connectivity index (χ1) is 14.8. The van der Waals surface area contributed by atoms with Crippen molar-refractivity contribution in [2.75, 3.05) is 11.8 Å². The summed E-state index contributed by atoms with van der Waals surface area (Å²) in [6.45, 7) is 0. The van der Waals surface area contributed by atoms with E-state index in [0.717, 1.165) is 22.7 Å². The fourth-order valence-electron chi connectivity index (χ4n) is 2.80. The van der Waals surface area contributed by atoms with E-state index in [1.54, 1.807) is 12.1 Å². The van der Waals surface area contributed by atoms with E-state index in [4.69, 9.17) is 16.3 Å². The van der Waals surface area contributed by atoms with Gasteiger partial charge in [0.25, 0.3) is 15.6 Å². The number of fused-ring (bicyclic) bond motifs is 1. The Bertz CT molecular complexity index is 1480. The molecule has 4 aromatic rings. The number of anilines is 1. The maximum Gasteiger partial charge on any atom is 0.274 e. The second kappa shape index (κ2) is 7.93. The summed E-state index contributed by atoms with van der Waals surface area (Å²) in [6, 6.07) is 8.84. The fourth-order valence-corrected chi connectivity index (χ4v) is 4.38. The highest BCUT2D eigenvalue weighted by Crippen LogP contribution is 2.31. The molecule has 0 aliphatic rings. The molecule has 0 fully saturated rings. The zero-order valence-corrected chi connectivity index (χ0v) is 17.4. The van der Waals surface area contributed by atoms with Crippen LogP contribution >= 0.6 is 11.6 Å². The molecule has 0 saturated carbocycles. The van der Waals surface area contributed by atoms with Crippen LogP contribution in [0.4, 0.5) is 10.1 Å². The number of nitrogens with one attached hydrogen (secondary N) is 1. The van der Waals surface area contributed by atoms with Crippen molar-refractivity contribution in [1.29, 1.82) is 0 Å². The number of benzene rings is 1. The van der Waals surface area contributed by atoms with Crippen molar-refractivity contribution >= 4 is 33.0 Å². The molecule has 3 heterocycles. The number of rotatable bonds is 5. The van der Waals surface area contributed by atoms with E-state index < -0.39 is 15.8 Å². The molecule has 0 atom stereocenters. The Hall–Kier alpha value is -3.57. The van der Waals surface area contributed by atoms with E-state index in [-0.39, 0.29) is 27.0 Å². The Labute approximate surface area is 180 Å². The van der Waals surface area contributed by atoms with Gasteiger partial charge < -0.3 is 4.74 Å². The van der Waals surface area contributed by atoms with Crippen molar-refractivity contribution in [3.8, 4) is 17.1 Å². The monoisotopic (exact) mass is 461 g/mol. The molecule has 12 heteroatoms. The van der Waals surface area contributed by atoms with Crippen LogP contribution in [0.15, 0.2) is 64.5 Å². The third-order valence-electron chi connectivity index (χ3n) is 4.22. The minimum Gasteiger partial charge on any atom is -0.480 e. The maximum atomic E-state index is 13.3. The summed E-state index contributed by atoms with van der Waals surface area (Å²) < 4.78 is 47.5. The topological polar surface area (TPSA) is 116 Å². The Morgan fingerprint density at radius 2 is 1.94 bits per heavy atom. The Morgan fingerprint density at radius 3 is 2.68 bits per heavy atom. The lowest BCUT2D eigenvalue weighted by molar-refractivity contribution is 0.400. The molecule has 1 aromatic carbocycles. The number of nitrogens with zero attached hydrogens (tertiary/aromatic N) is 4. The zero-order valence-electron chi connectivity index (χ0n) is 15.8. The lowest BCUT2D eigenvalue weighted by Gasteiger charge is -2.13. The Morgan fingerprint density at radius 1 is 1.13 bits per heavy atom. The second-order valence-corrected chi connectivity index (χ2v) is 8.29. The highest BCUT2D eigenvalue weighted by atomic mass is 35.5. The van der Waals surface area contributed by atoms with Gasteiger partial charge in [-0.05, 0) is 36.4 Å². The molecule has 0 aliphatic heterocycles. The van der Waals surface area contributed by atoms with Crippen molar-refractivity contribution in [2.45, 2.75) is 4.90 Å². The van der Waals surface area contributed by atoms with Crippen LogP contribution in [0.3, 0.4) is 0 Å². The van der Waals surface area contributed by atoms with E-state index in [9.17, 15) is 17.6 Å². The van der Waals surface area contributed by atoms with Crippen molar-refractivity contribution in [3.63, 3.8) is 0 Å². The van der Waals surface area contributed by atoms with Gasteiger partial charge in [-0.2, -0.15) is 9.61 Å². The van der Waals surface area contributed by atoms with E-state index >= 15 is 0 Å². The summed E-state index contributed by atoms with van der Waals surface area (Å²) in [5, 5.41) is 3.96. The molecule has 0 bridgehead atoms. The van der Waals surface area contributed by atoms with Crippen LogP contribution in [0.1, 0.15) is 0 Å². The van der Waals surface area contributed by atoms with Crippen LogP contribution in [0.25, 0.3) is 16.9 Å². The summed E-state index contributed by atoms with van der Waals surface area (Å²) in [5.41, 5.74) is 0.727. The predicted octanol–water partition coefficient (Wildman–Crippen LogP) is 2.75. The smallest absolute Gasteiger partial charge is 0.274 e. The van der Waals surface area contributed by atoms with Crippen molar-refractivity contribution < 1.29 is 17.5 Å². The van der Waals surface area contributed by atoms with Gasteiger partial charge in [0.05, 0.1) is 17.8 Å². The van der Waals surface area contributed by atoms with Gasteiger partial charge >= 0.3 is 0 Å². The number of methoxy groups -OCH3 is 1. The molecular weight excluding hydrogens is 449 g/mol. The molecule has 0 saturated heterocycles. The summed E-state index contributed by atoms with van der Waals surface area (Å²) in [6.07, 6.45) is 2.79. The molecule has 31 heavy (non-hydrogen) atoms. The largest absolute Gasteiger partial charge is 0.480 e. The van der Waals surface area contributed by atoms with Gasteiger partial charge in [-0.1, -0.05) is 11.6 Å². The van der Waals surface area contributed by atoms with Gasteiger partial charge in [0, 0.05) is 24.0 Å². The maximum absolute atomic E-state index is 13.3. The Balaban J connectivity index is 1.78. The van der Waals surface area contributed by atoms with Crippen LogP contribution in [-0.2, 0) is 10.0 Å². The summed E-state index contributed by atoms with van der Waals surface area (Å²) >= 11 is 5.90. The number of ether oxygens (including phenoxy) is 1. The SMILES string of the molecule is COc1ncc(-c2ccc3nccc(=O)n3n2)cc1NS(=O)(=O)c1ccc(F)cc1Cl. The van der Waals surface area contributed by atoms with E-state index in [1.165, 1.54) is 31.6 Å². The molecular formula is C19H13ClFN5O4S. The first-order valence-corrected chi connectivity index (χ1v) is 10.5. The minimum absolute atomic E-state index is 0.000761. The summed E-state index contributed by atoms with van der Waals surface area (Å²) in [4.78, 5) is 19.9. The normalized spacial score (nSPS) is 11.5. The first-order valence-electron chi connectivity index (χ1n) is 8.66. The van der Waals surface area contributed by atoms with Crippen LogP contribution in [-0.4, -0.2) is 35.1 Å². The van der Waals surface area contributed by atoms with Gasteiger partial charge in [-0.3, -0.25) is 9.52 Å². The summed E-state index contributed by atoms with van der Waals surface area (Å²) in [7, 11) is -2.86. The van der Waals surface area contributed by atoms with Gasteiger partial charge in [0.15, 0.2) is 5.65 Å². The Kier molecular flexibility index (Phi) is 5.29. The van der Waals surface area contributed by atoms with Crippen LogP contribution in [0, 0.1) is 5.82 Å². The van der Waals surface area contributed by atoms with Crippen molar-refractivity contribution in [3.05, 3.63) is 76.1 Å². The van der Waals surface area contributed by atoms with Gasteiger partial charge in [-0.25, -0.2) is 22.8 Å². The number of hydrogen-bond donors (Lipinski definition) is 1. The molecule has 158 valence electrons. The highest BCUT2D eigenvalue weighted by molar-refractivity contribution is 7.92. The predicted molar refractivity (Wildman–Crippen MR) is 111 cm³/mol.